The summed E-state index contributed by atoms with van der Waals surface area (Å²) in [6, 6.07) is 4.70. The minimum Gasteiger partial charge on any atom is -0.396 e. The zero-order valence-corrected chi connectivity index (χ0v) is 13.0. The predicted octanol–water partition coefficient (Wildman–Crippen LogP) is 0.879. The van der Waals surface area contributed by atoms with E-state index in [-0.39, 0.29) is 10.6 Å². The van der Waals surface area contributed by atoms with Gasteiger partial charge in [0, 0.05) is 24.8 Å². The van der Waals surface area contributed by atoms with Gasteiger partial charge in [-0.3, -0.25) is 4.68 Å². The van der Waals surface area contributed by atoms with Crippen LogP contribution in [-0.4, -0.2) is 18.2 Å². The number of hydrogen-bond donors (Lipinski definition) is 3. The van der Waals surface area contributed by atoms with Gasteiger partial charge in [-0.15, -0.1) is 0 Å². The molecule has 0 unspecified atom stereocenters. The van der Waals surface area contributed by atoms with Crippen LogP contribution in [0.4, 0.5) is 11.4 Å². The molecule has 0 saturated heterocycles. The number of aryl methyl sites for hydroxylation is 2. The molecule has 0 aliphatic carbocycles. The van der Waals surface area contributed by atoms with Crippen LogP contribution in [0.3, 0.4) is 0 Å². The van der Waals surface area contributed by atoms with Crippen LogP contribution in [0.15, 0.2) is 23.1 Å². The molecule has 7 nitrogen and oxygen atoms in total. The van der Waals surface area contributed by atoms with E-state index in [2.05, 4.69) is 10.4 Å². The summed E-state index contributed by atoms with van der Waals surface area (Å²) in [7, 11) is -1.96. The normalized spacial score (nSPS) is 11.6. The third-order valence-corrected chi connectivity index (χ3v) is 4.46. The summed E-state index contributed by atoms with van der Waals surface area (Å²) in [6.45, 7) is 4.40. The molecule has 2 rings (SSSR count). The second kappa shape index (κ2) is 5.38. The van der Waals surface area contributed by atoms with E-state index >= 15 is 0 Å². The van der Waals surface area contributed by atoms with Crippen LogP contribution < -0.4 is 16.2 Å². The first kappa shape index (κ1) is 15.3. The summed E-state index contributed by atoms with van der Waals surface area (Å²) < 4.78 is 24.7. The summed E-state index contributed by atoms with van der Waals surface area (Å²) in [5.74, 6) is 0. The van der Waals surface area contributed by atoms with Crippen LogP contribution in [0, 0.1) is 13.8 Å². The van der Waals surface area contributed by atoms with Crippen LogP contribution in [0.5, 0.6) is 0 Å². The van der Waals surface area contributed by atoms with E-state index in [1.807, 2.05) is 20.9 Å². The Labute approximate surface area is 124 Å². The van der Waals surface area contributed by atoms with Crippen molar-refractivity contribution < 1.29 is 8.42 Å². The fourth-order valence-electron chi connectivity index (χ4n) is 2.20. The molecular weight excluding hydrogens is 290 g/mol. The van der Waals surface area contributed by atoms with E-state index in [0.29, 0.717) is 12.2 Å². The Balaban J connectivity index is 2.29. The highest BCUT2D eigenvalue weighted by Crippen LogP contribution is 2.26. The van der Waals surface area contributed by atoms with Crippen molar-refractivity contribution in [3.8, 4) is 0 Å². The number of para-hydroxylation sites is 1. The number of benzene rings is 1. The molecule has 0 saturated carbocycles. The molecule has 2 aromatic rings. The molecular formula is C13H19N5O2S. The first-order valence-corrected chi connectivity index (χ1v) is 7.90. The molecule has 1 heterocycles. The SMILES string of the molecule is Cc1nn(C)c(C)c1CNc1cccc(S(N)(=O)=O)c1N. The molecule has 0 atom stereocenters. The van der Waals surface area contributed by atoms with Crippen LogP contribution >= 0.6 is 0 Å². The van der Waals surface area contributed by atoms with E-state index in [4.69, 9.17) is 10.9 Å². The molecule has 0 spiro atoms. The Hall–Kier alpha value is -2.06. The second-order valence-corrected chi connectivity index (χ2v) is 6.42. The lowest BCUT2D eigenvalue weighted by molar-refractivity contribution is 0.598. The van der Waals surface area contributed by atoms with Crippen molar-refractivity contribution in [1.29, 1.82) is 0 Å². The summed E-state index contributed by atoms with van der Waals surface area (Å²) in [5.41, 5.74) is 9.54. The Bertz CT molecular complexity index is 780. The number of rotatable bonds is 4. The number of sulfonamides is 1. The van der Waals surface area contributed by atoms with Crippen molar-refractivity contribution >= 4 is 21.4 Å². The van der Waals surface area contributed by atoms with Crippen molar-refractivity contribution in [1.82, 2.24) is 9.78 Å². The van der Waals surface area contributed by atoms with Gasteiger partial charge in [-0.2, -0.15) is 5.10 Å². The molecule has 5 N–H and O–H groups in total. The van der Waals surface area contributed by atoms with E-state index in [1.54, 1.807) is 16.8 Å². The molecule has 1 aromatic carbocycles. The monoisotopic (exact) mass is 309 g/mol. The second-order valence-electron chi connectivity index (χ2n) is 4.89. The van der Waals surface area contributed by atoms with Crippen LogP contribution in [0.2, 0.25) is 0 Å². The topological polar surface area (TPSA) is 116 Å². The number of aromatic nitrogens is 2. The molecule has 0 aliphatic heterocycles. The third kappa shape index (κ3) is 3.01. The molecule has 0 fully saturated rings. The van der Waals surface area contributed by atoms with Gasteiger partial charge in [0.15, 0.2) is 0 Å². The van der Waals surface area contributed by atoms with Gasteiger partial charge in [0.2, 0.25) is 10.0 Å². The van der Waals surface area contributed by atoms with Gasteiger partial charge in [-0.05, 0) is 26.0 Å². The third-order valence-electron chi connectivity index (χ3n) is 3.49. The van der Waals surface area contributed by atoms with Crippen molar-refractivity contribution in [3.05, 3.63) is 35.2 Å². The van der Waals surface area contributed by atoms with Gasteiger partial charge in [0.05, 0.1) is 17.1 Å². The number of primary sulfonamides is 1. The minimum absolute atomic E-state index is 0.0767. The Morgan fingerprint density at radius 1 is 1.33 bits per heavy atom. The smallest absolute Gasteiger partial charge is 0.240 e. The molecule has 1 aromatic heterocycles. The predicted molar refractivity (Wildman–Crippen MR) is 82.2 cm³/mol. The highest BCUT2D eigenvalue weighted by Gasteiger charge is 2.15. The average molecular weight is 309 g/mol. The fourth-order valence-corrected chi connectivity index (χ4v) is 2.89. The van der Waals surface area contributed by atoms with E-state index in [1.165, 1.54) is 6.07 Å². The number of nitrogens with zero attached hydrogens (tertiary/aromatic N) is 2. The molecule has 0 bridgehead atoms. The summed E-state index contributed by atoms with van der Waals surface area (Å²) >= 11 is 0. The van der Waals surface area contributed by atoms with Gasteiger partial charge in [-0.1, -0.05) is 6.07 Å². The first-order chi connectivity index (χ1) is 9.71. The Morgan fingerprint density at radius 2 is 2.00 bits per heavy atom. The summed E-state index contributed by atoms with van der Waals surface area (Å²) in [6.07, 6.45) is 0. The van der Waals surface area contributed by atoms with Crippen molar-refractivity contribution in [2.45, 2.75) is 25.3 Å². The van der Waals surface area contributed by atoms with Gasteiger partial charge >= 0.3 is 0 Å². The van der Waals surface area contributed by atoms with E-state index in [9.17, 15) is 8.42 Å². The van der Waals surface area contributed by atoms with Crippen LogP contribution in [-0.2, 0) is 23.6 Å². The maximum Gasteiger partial charge on any atom is 0.240 e. The lowest BCUT2D eigenvalue weighted by atomic mass is 10.2. The molecule has 0 amide bonds. The fraction of sp³-hybridized carbons (Fsp3) is 0.308. The van der Waals surface area contributed by atoms with Gasteiger partial charge in [-0.25, -0.2) is 13.6 Å². The summed E-state index contributed by atoms with van der Waals surface area (Å²) in [5, 5.41) is 12.6. The standard InChI is InChI=1S/C13H19N5O2S/c1-8-10(9(2)18(3)17-8)7-16-11-5-4-6-12(13(11)14)21(15,19)20/h4-6,16H,7,14H2,1-3H3,(H2,15,19,20). The lowest BCUT2D eigenvalue weighted by Gasteiger charge is -2.12. The molecule has 0 aliphatic rings. The zero-order chi connectivity index (χ0) is 15.8. The quantitative estimate of drug-likeness (QED) is 0.725. The van der Waals surface area contributed by atoms with Gasteiger partial charge < -0.3 is 11.1 Å². The van der Waals surface area contributed by atoms with Gasteiger partial charge in [0.1, 0.15) is 4.90 Å². The molecule has 21 heavy (non-hydrogen) atoms. The Kier molecular flexibility index (Phi) is 3.93. The molecule has 114 valence electrons. The highest BCUT2D eigenvalue weighted by molar-refractivity contribution is 7.89. The molecule has 0 radical (unpaired) electrons. The van der Waals surface area contributed by atoms with Crippen molar-refractivity contribution in [3.63, 3.8) is 0 Å². The Morgan fingerprint density at radius 3 is 2.52 bits per heavy atom. The number of hydrogen-bond acceptors (Lipinski definition) is 5. The maximum absolute atomic E-state index is 11.4. The average Bonchev–Trinajstić information content (AvgIpc) is 2.61. The molecule has 8 heteroatoms. The minimum atomic E-state index is -3.83. The number of nitrogens with one attached hydrogen (secondary N) is 1. The number of nitrogen functional groups attached to an aromatic ring is 1. The largest absolute Gasteiger partial charge is 0.396 e. The maximum atomic E-state index is 11.4. The lowest BCUT2D eigenvalue weighted by Crippen LogP contribution is -2.15. The number of nitrogens with two attached hydrogens (primary N) is 2. The van der Waals surface area contributed by atoms with E-state index in [0.717, 1.165) is 17.0 Å². The summed E-state index contributed by atoms with van der Waals surface area (Å²) in [4.78, 5) is -0.0767. The van der Waals surface area contributed by atoms with Crippen molar-refractivity contribution in [2.24, 2.45) is 12.2 Å². The van der Waals surface area contributed by atoms with Crippen LogP contribution in [0.25, 0.3) is 0 Å². The van der Waals surface area contributed by atoms with Crippen LogP contribution in [0.1, 0.15) is 17.0 Å². The van der Waals surface area contributed by atoms with Crippen molar-refractivity contribution in [2.75, 3.05) is 11.1 Å². The highest BCUT2D eigenvalue weighted by atomic mass is 32.2. The zero-order valence-electron chi connectivity index (χ0n) is 12.2. The van der Waals surface area contributed by atoms with Gasteiger partial charge in [0.25, 0.3) is 0 Å². The number of anilines is 2. The first-order valence-electron chi connectivity index (χ1n) is 6.36. The van der Waals surface area contributed by atoms with E-state index < -0.39 is 10.0 Å².